The standard InChI is InChI=1S/C19H16BrFN2O2S/c1-12(13-2-6-15(20)7-3-13)23-18(24)11-26-19-22-10-17(25-19)14-4-8-16(21)9-5-14/h2-10,12H,11H2,1H3,(H,23,24). The van der Waals surface area contributed by atoms with E-state index < -0.39 is 0 Å². The maximum absolute atomic E-state index is 13.0. The second kappa shape index (κ2) is 8.51. The van der Waals surface area contributed by atoms with Crippen LogP contribution >= 0.6 is 27.7 Å². The Morgan fingerprint density at radius 1 is 1.23 bits per heavy atom. The molecule has 0 aliphatic carbocycles. The highest BCUT2D eigenvalue weighted by Crippen LogP contribution is 2.25. The Morgan fingerprint density at radius 3 is 2.62 bits per heavy atom. The summed E-state index contributed by atoms with van der Waals surface area (Å²) in [5, 5.41) is 3.34. The zero-order valence-corrected chi connectivity index (χ0v) is 16.3. The molecule has 1 heterocycles. The van der Waals surface area contributed by atoms with Crippen LogP contribution in [0.5, 0.6) is 0 Å². The van der Waals surface area contributed by atoms with E-state index >= 15 is 0 Å². The van der Waals surface area contributed by atoms with E-state index in [-0.39, 0.29) is 23.5 Å². The number of aromatic nitrogens is 1. The molecular formula is C19H16BrFN2O2S. The van der Waals surface area contributed by atoms with Crippen LogP contribution in [0.3, 0.4) is 0 Å². The smallest absolute Gasteiger partial charge is 0.256 e. The van der Waals surface area contributed by atoms with Gasteiger partial charge in [0.2, 0.25) is 5.91 Å². The average Bonchev–Trinajstić information content (AvgIpc) is 3.10. The fourth-order valence-corrected chi connectivity index (χ4v) is 3.20. The molecule has 4 nitrogen and oxygen atoms in total. The molecule has 1 amide bonds. The molecule has 3 aromatic rings. The van der Waals surface area contributed by atoms with Crippen LogP contribution in [0.4, 0.5) is 4.39 Å². The van der Waals surface area contributed by atoms with Gasteiger partial charge < -0.3 is 9.73 Å². The van der Waals surface area contributed by atoms with E-state index in [2.05, 4.69) is 26.2 Å². The molecular weight excluding hydrogens is 419 g/mol. The number of benzene rings is 2. The summed E-state index contributed by atoms with van der Waals surface area (Å²) < 4.78 is 19.6. The summed E-state index contributed by atoms with van der Waals surface area (Å²) in [6.45, 7) is 1.93. The van der Waals surface area contributed by atoms with Crippen LogP contribution in [0.25, 0.3) is 11.3 Å². The molecule has 7 heteroatoms. The third kappa shape index (κ3) is 4.95. The predicted octanol–water partition coefficient (Wildman–Crippen LogP) is 5.21. The first kappa shape index (κ1) is 18.7. The summed E-state index contributed by atoms with van der Waals surface area (Å²) in [6, 6.07) is 13.7. The third-order valence-corrected chi connectivity index (χ3v) is 5.06. The molecule has 0 fully saturated rings. The largest absolute Gasteiger partial charge is 0.431 e. The molecule has 0 saturated carbocycles. The van der Waals surface area contributed by atoms with Gasteiger partial charge in [-0.3, -0.25) is 4.79 Å². The minimum atomic E-state index is -0.306. The van der Waals surface area contributed by atoms with Gasteiger partial charge in [-0.2, -0.15) is 0 Å². The monoisotopic (exact) mass is 434 g/mol. The Labute approximate surface area is 163 Å². The number of oxazole rings is 1. The summed E-state index contributed by atoms with van der Waals surface area (Å²) in [7, 11) is 0. The summed E-state index contributed by atoms with van der Waals surface area (Å²) in [4.78, 5) is 16.3. The molecule has 0 aliphatic rings. The van der Waals surface area contributed by atoms with E-state index in [4.69, 9.17) is 4.42 Å². The van der Waals surface area contributed by atoms with E-state index in [1.54, 1.807) is 18.3 Å². The third-order valence-electron chi connectivity index (χ3n) is 3.69. The number of thioether (sulfide) groups is 1. The quantitative estimate of drug-likeness (QED) is 0.540. The first-order chi connectivity index (χ1) is 12.5. The van der Waals surface area contributed by atoms with Gasteiger partial charge >= 0.3 is 0 Å². The van der Waals surface area contributed by atoms with Crippen molar-refractivity contribution in [1.82, 2.24) is 10.3 Å². The molecule has 1 atom stereocenters. The van der Waals surface area contributed by atoms with Crippen molar-refractivity contribution < 1.29 is 13.6 Å². The molecule has 3 rings (SSSR count). The highest BCUT2D eigenvalue weighted by Gasteiger charge is 2.12. The maximum Gasteiger partial charge on any atom is 0.256 e. The topological polar surface area (TPSA) is 55.1 Å². The van der Waals surface area contributed by atoms with Gasteiger partial charge in [0, 0.05) is 10.0 Å². The van der Waals surface area contributed by atoms with Gasteiger partial charge in [-0.05, 0) is 48.9 Å². The van der Waals surface area contributed by atoms with Crippen LogP contribution in [0.15, 0.2) is 68.8 Å². The van der Waals surface area contributed by atoms with Crippen LogP contribution in [0.1, 0.15) is 18.5 Å². The van der Waals surface area contributed by atoms with E-state index in [1.165, 1.54) is 23.9 Å². The fourth-order valence-electron chi connectivity index (χ4n) is 2.32. The first-order valence-corrected chi connectivity index (χ1v) is 9.68. The zero-order valence-electron chi connectivity index (χ0n) is 13.9. The Hall–Kier alpha value is -2.12. The lowest BCUT2D eigenvalue weighted by atomic mass is 10.1. The van der Waals surface area contributed by atoms with E-state index in [0.717, 1.165) is 15.6 Å². The van der Waals surface area contributed by atoms with Crippen LogP contribution in [-0.4, -0.2) is 16.6 Å². The fraction of sp³-hybridized carbons (Fsp3) is 0.158. The highest BCUT2D eigenvalue weighted by atomic mass is 79.9. The average molecular weight is 435 g/mol. The minimum Gasteiger partial charge on any atom is -0.431 e. The van der Waals surface area contributed by atoms with Crippen molar-refractivity contribution in [3.63, 3.8) is 0 Å². The lowest BCUT2D eigenvalue weighted by molar-refractivity contribution is -0.119. The molecule has 1 aromatic heterocycles. The van der Waals surface area contributed by atoms with E-state index in [9.17, 15) is 9.18 Å². The van der Waals surface area contributed by atoms with Crippen molar-refractivity contribution >= 4 is 33.6 Å². The Kier molecular flexibility index (Phi) is 6.11. The summed E-state index contributed by atoms with van der Waals surface area (Å²) in [5.41, 5.74) is 1.76. The van der Waals surface area contributed by atoms with Gasteiger partial charge in [0.05, 0.1) is 18.0 Å². The number of amides is 1. The lowest BCUT2D eigenvalue weighted by Gasteiger charge is -2.14. The van der Waals surface area contributed by atoms with Crippen molar-refractivity contribution in [2.75, 3.05) is 5.75 Å². The molecule has 26 heavy (non-hydrogen) atoms. The number of nitrogens with one attached hydrogen (secondary N) is 1. The molecule has 0 aliphatic heterocycles. The van der Waals surface area contributed by atoms with Crippen molar-refractivity contribution in [2.24, 2.45) is 0 Å². The summed E-state index contributed by atoms with van der Waals surface area (Å²) >= 11 is 4.61. The molecule has 1 unspecified atom stereocenters. The molecule has 2 aromatic carbocycles. The van der Waals surface area contributed by atoms with Crippen molar-refractivity contribution in [1.29, 1.82) is 0 Å². The molecule has 1 N–H and O–H groups in total. The van der Waals surface area contributed by atoms with Gasteiger partial charge in [0.15, 0.2) is 5.76 Å². The van der Waals surface area contributed by atoms with Gasteiger partial charge in [-0.1, -0.05) is 39.8 Å². The number of rotatable bonds is 6. The van der Waals surface area contributed by atoms with Gasteiger partial charge in [-0.15, -0.1) is 0 Å². The number of halogens is 2. The number of nitrogens with zero attached hydrogens (tertiary/aromatic N) is 1. The number of hydrogen-bond donors (Lipinski definition) is 1. The molecule has 134 valence electrons. The van der Waals surface area contributed by atoms with E-state index in [0.29, 0.717) is 11.0 Å². The maximum atomic E-state index is 13.0. The van der Waals surface area contributed by atoms with Crippen molar-refractivity contribution in [3.05, 3.63) is 70.6 Å². The Bertz CT molecular complexity index is 881. The molecule has 0 saturated heterocycles. The highest BCUT2D eigenvalue weighted by molar-refractivity contribution is 9.10. The number of carbonyl (C=O) groups is 1. The van der Waals surface area contributed by atoms with Crippen LogP contribution in [-0.2, 0) is 4.79 Å². The second-order valence-electron chi connectivity index (χ2n) is 5.63. The van der Waals surface area contributed by atoms with Crippen molar-refractivity contribution in [2.45, 2.75) is 18.2 Å². The number of hydrogen-bond acceptors (Lipinski definition) is 4. The zero-order chi connectivity index (χ0) is 18.5. The summed E-state index contributed by atoms with van der Waals surface area (Å²) in [5.74, 6) is 0.326. The molecule has 0 radical (unpaired) electrons. The number of carbonyl (C=O) groups excluding carboxylic acids is 1. The second-order valence-corrected chi connectivity index (χ2v) is 7.47. The summed E-state index contributed by atoms with van der Waals surface area (Å²) in [6.07, 6.45) is 1.57. The first-order valence-electron chi connectivity index (χ1n) is 7.90. The van der Waals surface area contributed by atoms with Crippen LogP contribution in [0, 0.1) is 5.82 Å². The normalized spacial score (nSPS) is 12.0. The minimum absolute atomic E-state index is 0.0875. The predicted molar refractivity (Wildman–Crippen MR) is 103 cm³/mol. The van der Waals surface area contributed by atoms with Crippen LogP contribution in [0.2, 0.25) is 0 Å². The molecule has 0 spiro atoms. The Morgan fingerprint density at radius 2 is 1.92 bits per heavy atom. The lowest BCUT2D eigenvalue weighted by Crippen LogP contribution is -2.28. The van der Waals surface area contributed by atoms with Gasteiger partial charge in [0.1, 0.15) is 5.82 Å². The van der Waals surface area contributed by atoms with Crippen LogP contribution < -0.4 is 5.32 Å². The SMILES string of the molecule is CC(NC(=O)CSc1ncc(-c2ccc(F)cc2)o1)c1ccc(Br)cc1. The molecule has 0 bridgehead atoms. The van der Waals surface area contributed by atoms with Crippen molar-refractivity contribution in [3.8, 4) is 11.3 Å². The van der Waals surface area contributed by atoms with Gasteiger partial charge in [0.25, 0.3) is 5.22 Å². The van der Waals surface area contributed by atoms with E-state index in [1.807, 2.05) is 31.2 Å². The van der Waals surface area contributed by atoms with Gasteiger partial charge in [-0.25, -0.2) is 9.37 Å². The Balaban J connectivity index is 1.53.